The van der Waals surface area contributed by atoms with Crippen molar-refractivity contribution in [3.05, 3.63) is 29.8 Å². The normalized spacial score (nSPS) is 18.4. The fourth-order valence-corrected chi connectivity index (χ4v) is 2.53. The van der Waals surface area contributed by atoms with Crippen LogP contribution < -0.4 is 5.32 Å². The van der Waals surface area contributed by atoms with Gasteiger partial charge in [0, 0.05) is 31.4 Å². The lowest BCUT2D eigenvalue weighted by molar-refractivity contribution is -0.121. The van der Waals surface area contributed by atoms with Crippen molar-refractivity contribution in [1.29, 1.82) is 0 Å². The van der Waals surface area contributed by atoms with E-state index < -0.39 is 6.09 Å². The van der Waals surface area contributed by atoms with Gasteiger partial charge < -0.3 is 20.5 Å². The van der Waals surface area contributed by atoms with Gasteiger partial charge in [-0.3, -0.25) is 4.79 Å². The minimum absolute atomic E-state index is 0.168. The molecule has 1 aliphatic heterocycles. The molecule has 2 amide bonds. The van der Waals surface area contributed by atoms with E-state index in [0.717, 1.165) is 5.56 Å². The average molecular weight is 305 g/mol. The number of hydrogen-bond acceptors (Lipinski definition) is 4. The van der Waals surface area contributed by atoms with Crippen molar-refractivity contribution in [2.75, 3.05) is 18.4 Å². The molecule has 1 aromatic carbocycles. The summed E-state index contributed by atoms with van der Waals surface area (Å²) in [7, 11) is 0. The summed E-state index contributed by atoms with van der Waals surface area (Å²) in [5.74, 6) is -0.494. The molecule has 1 aliphatic rings. The molecule has 0 bridgehead atoms. The van der Waals surface area contributed by atoms with Crippen molar-refractivity contribution in [3.63, 3.8) is 0 Å². The van der Waals surface area contributed by atoms with Crippen LogP contribution in [0.3, 0.4) is 0 Å². The maximum absolute atomic E-state index is 12.3. The van der Waals surface area contributed by atoms with Gasteiger partial charge in [-0.1, -0.05) is 12.1 Å². The zero-order valence-corrected chi connectivity index (χ0v) is 12.1. The standard InChI is InChI=1S/C15H19N3O4/c19-14(12-4-2-8-18(10-12)15(20)21)17-13-5-1-3-11(9-13)6-7-16-22/h1,3,5,7,9,12,22H,2,4,6,8,10H2,(H,17,19)(H,20,21)/b16-7+. The molecule has 1 atom stereocenters. The lowest BCUT2D eigenvalue weighted by Crippen LogP contribution is -2.43. The summed E-state index contributed by atoms with van der Waals surface area (Å²) in [5.41, 5.74) is 1.56. The van der Waals surface area contributed by atoms with E-state index in [1.807, 2.05) is 6.07 Å². The zero-order chi connectivity index (χ0) is 15.9. The topological polar surface area (TPSA) is 102 Å². The molecule has 1 fully saturated rings. The van der Waals surface area contributed by atoms with Crippen molar-refractivity contribution >= 4 is 23.9 Å². The molecular formula is C15H19N3O4. The van der Waals surface area contributed by atoms with Gasteiger partial charge in [-0.2, -0.15) is 0 Å². The molecule has 7 heteroatoms. The minimum Gasteiger partial charge on any atom is -0.465 e. The van der Waals surface area contributed by atoms with Crippen LogP contribution in [0.15, 0.2) is 29.4 Å². The SMILES string of the molecule is O=C(Nc1cccc(C/C=N/O)c1)C1CCCN(C(=O)O)C1. The highest BCUT2D eigenvalue weighted by atomic mass is 16.4. The quantitative estimate of drug-likeness (QED) is 0.450. The summed E-state index contributed by atoms with van der Waals surface area (Å²) in [6.45, 7) is 0.715. The van der Waals surface area contributed by atoms with Crippen LogP contribution in [0.1, 0.15) is 18.4 Å². The Bertz CT molecular complexity index is 574. The largest absolute Gasteiger partial charge is 0.465 e. The number of carbonyl (C=O) groups is 2. The number of rotatable bonds is 4. The van der Waals surface area contributed by atoms with Crippen molar-refractivity contribution < 1.29 is 19.9 Å². The van der Waals surface area contributed by atoms with Gasteiger partial charge in [0.2, 0.25) is 5.91 Å². The molecule has 1 saturated heterocycles. The first-order chi connectivity index (χ1) is 10.6. The molecule has 22 heavy (non-hydrogen) atoms. The Balaban J connectivity index is 1.97. The van der Waals surface area contributed by atoms with Gasteiger partial charge in [-0.05, 0) is 30.5 Å². The Morgan fingerprint density at radius 1 is 1.45 bits per heavy atom. The maximum Gasteiger partial charge on any atom is 0.407 e. The summed E-state index contributed by atoms with van der Waals surface area (Å²) in [4.78, 5) is 24.5. The summed E-state index contributed by atoms with van der Waals surface area (Å²) < 4.78 is 0. The van der Waals surface area contributed by atoms with E-state index in [0.29, 0.717) is 31.5 Å². The molecule has 0 radical (unpaired) electrons. The fraction of sp³-hybridized carbons (Fsp3) is 0.400. The van der Waals surface area contributed by atoms with Gasteiger partial charge in [0.1, 0.15) is 0 Å². The number of nitrogens with zero attached hydrogens (tertiary/aromatic N) is 2. The summed E-state index contributed by atoms with van der Waals surface area (Å²) in [5, 5.41) is 23.2. The number of likely N-dealkylation sites (tertiary alicyclic amines) is 1. The second kappa shape index (κ2) is 7.44. The third-order valence-electron chi connectivity index (χ3n) is 3.67. The Morgan fingerprint density at radius 3 is 3.00 bits per heavy atom. The van der Waals surface area contributed by atoms with Gasteiger partial charge in [0.15, 0.2) is 0 Å². The van der Waals surface area contributed by atoms with E-state index in [4.69, 9.17) is 10.3 Å². The summed E-state index contributed by atoms with van der Waals surface area (Å²) in [6.07, 6.45) is 2.23. The molecule has 1 unspecified atom stereocenters. The Labute approximate surface area is 128 Å². The van der Waals surface area contributed by atoms with Crippen molar-refractivity contribution in [1.82, 2.24) is 4.90 Å². The van der Waals surface area contributed by atoms with Gasteiger partial charge in [-0.15, -0.1) is 5.16 Å². The van der Waals surface area contributed by atoms with Crippen LogP contribution in [0.2, 0.25) is 0 Å². The van der Waals surface area contributed by atoms with Gasteiger partial charge in [0.05, 0.1) is 5.92 Å². The molecule has 3 N–H and O–H groups in total. The number of hydrogen-bond donors (Lipinski definition) is 3. The van der Waals surface area contributed by atoms with Crippen LogP contribution in [-0.2, 0) is 11.2 Å². The van der Waals surface area contributed by atoms with Gasteiger partial charge in [0.25, 0.3) is 0 Å². The average Bonchev–Trinajstić information content (AvgIpc) is 2.53. The second-order valence-electron chi connectivity index (χ2n) is 5.26. The lowest BCUT2D eigenvalue weighted by Gasteiger charge is -2.29. The number of anilines is 1. The number of amides is 2. The summed E-state index contributed by atoms with van der Waals surface area (Å²) >= 11 is 0. The number of benzene rings is 1. The number of piperidine rings is 1. The predicted molar refractivity (Wildman–Crippen MR) is 81.4 cm³/mol. The first-order valence-electron chi connectivity index (χ1n) is 7.13. The number of carbonyl (C=O) groups excluding carboxylic acids is 1. The van der Waals surface area contributed by atoms with E-state index >= 15 is 0 Å². The number of carboxylic acid groups (broad SMARTS) is 1. The molecule has 0 aliphatic carbocycles. The summed E-state index contributed by atoms with van der Waals surface area (Å²) in [6, 6.07) is 7.25. The second-order valence-corrected chi connectivity index (χ2v) is 5.26. The van der Waals surface area contributed by atoms with Crippen LogP contribution in [0, 0.1) is 5.92 Å². The van der Waals surface area contributed by atoms with E-state index in [2.05, 4.69) is 10.5 Å². The molecule has 1 aromatic rings. The predicted octanol–water partition coefficient (Wildman–Crippen LogP) is 2.02. The highest BCUT2D eigenvalue weighted by Gasteiger charge is 2.28. The smallest absolute Gasteiger partial charge is 0.407 e. The van der Waals surface area contributed by atoms with Crippen LogP contribution in [0.25, 0.3) is 0 Å². The Morgan fingerprint density at radius 2 is 2.27 bits per heavy atom. The molecule has 1 heterocycles. The number of nitrogens with one attached hydrogen (secondary N) is 1. The van der Waals surface area contributed by atoms with E-state index in [1.165, 1.54) is 11.1 Å². The minimum atomic E-state index is -0.984. The van der Waals surface area contributed by atoms with E-state index in [1.54, 1.807) is 18.2 Å². The van der Waals surface area contributed by atoms with Gasteiger partial charge in [-0.25, -0.2) is 4.79 Å². The molecule has 0 spiro atoms. The number of oxime groups is 1. The van der Waals surface area contributed by atoms with Crippen molar-refractivity contribution in [2.24, 2.45) is 11.1 Å². The zero-order valence-electron chi connectivity index (χ0n) is 12.1. The van der Waals surface area contributed by atoms with E-state index in [9.17, 15) is 9.59 Å². The molecule has 2 rings (SSSR count). The Kier molecular flexibility index (Phi) is 5.35. The Hall–Kier alpha value is -2.57. The van der Waals surface area contributed by atoms with Crippen LogP contribution in [-0.4, -0.2) is 46.5 Å². The van der Waals surface area contributed by atoms with Crippen LogP contribution in [0.4, 0.5) is 10.5 Å². The maximum atomic E-state index is 12.3. The fourth-order valence-electron chi connectivity index (χ4n) is 2.53. The monoisotopic (exact) mass is 305 g/mol. The highest BCUT2D eigenvalue weighted by Crippen LogP contribution is 2.19. The first-order valence-corrected chi connectivity index (χ1v) is 7.13. The molecular weight excluding hydrogens is 286 g/mol. The van der Waals surface area contributed by atoms with Crippen LogP contribution in [0.5, 0.6) is 0 Å². The van der Waals surface area contributed by atoms with Crippen molar-refractivity contribution in [3.8, 4) is 0 Å². The van der Waals surface area contributed by atoms with Gasteiger partial charge >= 0.3 is 6.09 Å². The molecule has 7 nitrogen and oxygen atoms in total. The van der Waals surface area contributed by atoms with E-state index in [-0.39, 0.29) is 18.4 Å². The van der Waals surface area contributed by atoms with Crippen LogP contribution >= 0.6 is 0 Å². The molecule has 0 aromatic heterocycles. The molecule has 118 valence electrons. The van der Waals surface area contributed by atoms with Crippen molar-refractivity contribution in [2.45, 2.75) is 19.3 Å². The highest BCUT2D eigenvalue weighted by molar-refractivity contribution is 5.93. The first kappa shape index (κ1) is 15.8. The molecule has 0 saturated carbocycles. The third-order valence-corrected chi connectivity index (χ3v) is 3.67. The lowest BCUT2D eigenvalue weighted by atomic mass is 9.97. The third kappa shape index (κ3) is 4.21.